The van der Waals surface area contributed by atoms with Crippen LogP contribution < -0.4 is 5.30 Å². The summed E-state index contributed by atoms with van der Waals surface area (Å²) in [5.74, 6) is 1.82. The lowest BCUT2D eigenvalue weighted by Gasteiger charge is -2.48. The van der Waals surface area contributed by atoms with Gasteiger partial charge in [0.2, 0.25) is 0 Å². The van der Waals surface area contributed by atoms with Crippen LogP contribution in [0, 0.1) is 23.2 Å². The topological polar surface area (TPSA) is 0 Å². The first-order valence-electron chi connectivity index (χ1n) is 14.7. The molecule has 2 saturated carbocycles. The van der Waals surface area contributed by atoms with Crippen molar-refractivity contribution >= 4 is 18.8 Å². The first-order chi connectivity index (χ1) is 16.4. The van der Waals surface area contributed by atoms with Crippen molar-refractivity contribution in [1.29, 1.82) is 0 Å². The fourth-order valence-electron chi connectivity index (χ4n) is 7.76. The number of rotatable bonds is 7. The number of benzene rings is 1. The van der Waals surface area contributed by atoms with Crippen molar-refractivity contribution in [1.82, 2.24) is 0 Å². The van der Waals surface area contributed by atoms with Gasteiger partial charge in [-0.25, -0.2) is 0 Å². The Kier molecular flexibility index (Phi) is 8.83. The van der Waals surface area contributed by atoms with Crippen LogP contribution in [0.4, 0.5) is 0 Å². The van der Waals surface area contributed by atoms with E-state index >= 15 is 0 Å². The van der Waals surface area contributed by atoms with Crippen molar-refractivity contribution in [2.75, 3.05) is 0 Å². The van der Waals surface area contributed by atoms with Gasteiger partial charge in [-0.15, -0.1) is 0 Å². The summed E-state index contributed by atoms with van der Waals surface area (Å²) in [6, 6.07) is 9.87. The maximum Gasteiger partial charge on any atom is 0.00424 e. The fraction of sp³-hybridized carbons (Fsp3) is 0.697. The second-order valence-electron chi connectivity index (χ2n) is 12.4. The second kappa shape index (κ2) is 11.5. The van der Waals surface area contributed by atoms with Crippen LogP contribution >= 0.6 is 7.92 Å². The second-order valence-corrected chi connectivity index (χ2v) is 15.2. The standard InChI is InChI=1S/C33H51P/c1-24(2)29-21-15-23-33(25(3)4,26(5)6)32(29)30-20-13-14-22-31(30)34(27-16-9-7-10-17-27)28-18-11-8-12-19-28/h13-15,20-22,24-28H,7-12,16-19,23H2,1-6H3. The summed E-state index contributed by atoms with van der Waals surface area (Å²) in [5, 5.41) is 1.78. The molecule has 0 N–H and O–H groups in total. The maximum absolute atomic E-state index is 2.60. The average Bonchev–Trinajstić information content (AvgIpc) is 2.85. The lowest BCUT2D eigenvalue weighted by atomic mass is 9.57. The number of allylic oxidation sites excluding steroid dienone is 4. The van der Waals surface area contributed by atoms with E-state index in [1.54, 1.807) is 22.0 Å². The Hall–Kier alpha value is -0.870. The molecule has 0 bridgehead atoms. The molecule has 3 aliphatic rings. The van der Waals surface area contributed by atoms with Crippen LogP contribution in [0.5, 0.6) is 0 Å². The molecule has 0 aliphatic heterocycles. The van der Waals surface area contributed by atoms with E-state index in [4.69, 9.17) is 0 Å². The third kappa shape index (κ3) is 5.01. The molecule has 1 aromatic rings. The van der Waals surface area contributed by atoms with E-state index < -0.39 is 0 Å². The molecule has 0 radical (unpaired) electrons. The summed E-state index contributed by atoms with van der Waals surface area (Å²) in [6.45, 7) is 14.8. The molecule has 3 aliphatic carbocycles. The zero-order valence-corrected chi connectivity index (χ0v) is 24.0. The SMILES string of the molecule is CC(C)C1=C(c2ccccc2P(C2CCCCC2)C2CCCCC2)C(C(C)C)(C(C)C)CC=C1. The van der Waals surface area contributed by atoms with Crippen LogP contribution in [0.1, 0.15) is 118 Å². The molecule has 34 heavy (non-hydrogen) atoms. The van der Waals surface area contributed by atoms with Crippen molar-refractivity contribution in [2.45, 2.75) is 123 Å². The first-order valence-corrected chi connectivity index (χ1v) is 16.1. The maximum atomic E-state index is 2.60. The molecular weight excluding hydrogens is 427 g/mol. The van der Waals surface area contributed by atoms with Crippen molar-refractivity contribution in [2.24, 2.45) is 23.2 Å². The largest absolute Gasteiger partial charge is 0.0833 e. The van der Waals surface area contributed by atoms with E-state index in [0.717, 1.165) is 11.3 Å². The van der Waals surface area contributed by atoms with E-state index in [-0.39, 0.29) is 13.3 Å². The lowest BCUT2D eigenvalue weighted by molar-refractivity contribution is 0.193. The Balaban J connectivity index is 1.92. The van der Waals surface area contributed by atoms with Gasteiger partial charge in [-0.2, -0.15) is 0 Å². The first kappa shape index (κ1) is 26.2. The summed E-state index contributed by atoms with van der Waals surface area (Å²) in [6.07, 6.45) is 20.9. The van der Waals surface area contributed by atoms with Gasteiger partial charge in [0.15, 0.2) is 0 Å². The third-order valence-electron chi connectivity index (χ3n) is 9.58. The van der Waals surface area contributed by atoms with Gasteiger partial charge in [-0.1, -0.05) is 124 Å². The summed E-state index contributed by atoms with van der Waals surface area (Å²) >= 11 is 0. The molecule has 2 fully saturated rings. The highest BCUT2D eigenvalue weighted by atomic mass is 31.1. The van der Waals surface area contributed by atoms with E-state index in [9.17, 15) is 0 Å². The van der Waals surface area contributed by atoms with Crippen LogP contribution in [-0.4, -0.2) is 11.3 Å². The van der Waals surface area contributed by atoms with Gasteiger partial charge >= 0.3 is 0 Å². The summed E-state index contributed by atoms with van der Waals surface area (Å²) in [7, 11) is -0.114. The molecular formula is C33H51P. The van der Waals surface area contributed by atoms with Crippen LogP contribution in [0.2, 0.25) is 0 Å². The zero-order chi connectivity index (χ0) is 24.3. The Labute approximate surface area is 212 Å². The van der Waals surface area contributed by atoms with Gasteiger partial charge in [0.05, 0.1) is 0 Å². The molecule has 0 unspecified atom stereocenters. The van der Waals surface area contributed by atoms with Crippen LogP contribution in [0.25, 0.3) is 5.57 Å². The molecule has 0 heterocycles. The van der Waals surface area contributed by atoms with Crippen molar-refractivity contribution < 1.29 is 0 Å². The molecule has 1 heteroatoms. The van der Waals surface area contributed by atoms with Crippen LogP contribution in [-0.2, 0) is 0 Å². The highest BCUT2D eigenvalue weighted by Crippen LogP contribution is 2.59. The van der Waals surface area contributed by atoms with Gasteiger partial charge in [0, 0.05) is 5.41 Å². The predicted molar refractivity (Wildman–Crippen MR) is 154 cm³/mol. The van der Waals surface area contributed by atoms with E-state index in [0.29, 0.717) is 17.8 Å². The lowest BCUT2D eigenvalue weighted by Crippen LogP contribution is -2.38. The van der Waals surface area contributed by atoms with E-state index in [1.165, 1.54) is 70.6 Å². The molecule has 0 nitrogen and oxygen atoms in total. The highest BCUT2D eigenvalue weighted by molar-refractivity contribution is 7.67. The van der Waals surface area contributed by atoms with Crippen molar-refractivity contribution in [3.05, 3.63) is 47.6 Å². The Bertz CT molecular complexity index is 832. The molecule has 0 aromatic heterocycles. The summed E-state index contributed by atoms with van der Waals surface area (Å²) in [5.41, 5.74) is 7.11. The molecule has 0 saturated heterocycles. The highest BCUT2D eigenvalue weighted by Gasteiger charge is 2.45. The smallest absolute Gasteiger partial charge is 0.00424 e. The van der Waals surface area contributed by atoms with Crippen LogP contribution in [0.15, 0.2) is 42.0 Å². The molecule has 1 aromatic carbocycles. The van der Waals surface area contributed by atoms with Gasteiger partial charge < -0.3 is 0 Å². The number of hydrogen-bond donors (Lipinski definition) is 0. The minimum atomic E-state index is -0.114. The summed E-state index contributed by atoms with van der Waals surface area (Å²) < 4.78 is 0. The Morgan fingerprint density at radius 1 is 0.735 bits per heavy atom. The zero-order valence-electron chi connectivity index (χ0n) is 23.1. The Morgan fingerprint density at radius 2 is 1.26 bits per heavy atom. The normalized spacial score (nSPS) is 22.5. The quantitative estimate of drug-likeness (QED) is 0.342. The molecule has 4 rings (SSSR count). The monoisotopic (exact) mass is 478 g/mol. The third-order valence-corrected chi connectivity index (χ3v) is 13.1. The number of hydrogen-bond acceptors (Lipinski definition) is 0. The Morgan fingerprint density at radius 3 is 1.76 bits per heavy atom. The minimum Gasteiger partial charge on any atom is -0.0833 e. The van der Waals surface area contributed by atoms with Gasteiger partial charge in [-0.05, 0) is 83.2 Å². The van der Waals surface area contributed by atoms with Gasteiger partial charge in [0.25, 0.3) is 0 Å². The molecule has 0 amide bonds. The fourth-order valence-corrected chi connectivity index (χ4v) is 11.7. The van der Waals surface area contributed by atoms with Gasteiger partial charge in [0.1, 0.15) is 0 Å². The van der Waals surface area contributed by atoms with Gasteiger partial charge in [-0.3, -0.25) is 0 Å². The molecule has 188 valence electrons. The van der Waals surface area contributed by atoms with Crippen molar-refractivity contribution in [3.8, 4) is 0 Å². The van der Waals surface area contributed by atoms with E-state index in [1.807, 2.05) is 0 Å². The minimum absolute atomic E-state index is 0.114. The van der Waals surface area contributed by atoms with Crippen molar-refractivity contribution in [3.63, 3.8) is 0 Å². The summed E-state index contributed by atoms with van der Waals surface area (Å²) in [4.78, 5) is 0. The average molecular weight is 479 g/mol. The van der Waals surface area contributed by atoms with Crippen LogP contribution in [0.3, 0.4) is 0 Å². The molecule has 0 atom stereocenters. The van der Waals surface area contributed by atoms with E-state index in [2.05, 4.69) is 78.0 Å². The molecule has 0 spiro atoms. The predicted octanol–water partition coefficient (Wildman–Crippen LogP) is 10.1.